The van der Waals surface area contributed by atoms with Crippen LogP contribution in [0.4, 0.5) is 23.2 Å². The number of carboxylic acid groups (broad SMARTS) is 1. The Hall–Kier alpha value is -2.05. The smallest absolute Gasteiger partial charge is 0.405 e. The molecule has 3 nitrogen and oxygen atoms in total. The van der Waals surface area contributed by atoms with Gasteiger partial charge in [0.25, 0.3) is 0 Å². The molecule has 1 N–H and O–H groups in total. The van der Waals surface area contributed by atoms with Gasteiger partial charge in [-0.25, -0.2) is 9.18 Å². The van der Waals surface area contributed by atoms with Gasteiger partial charge in [0.1, 0.15) is 12.4 Å². The van der Waals surface area contributed by atoms with E-state index in [-0.39, 0.29) is 17.8 Å². The highest BCUT2D eigenvalue weighted by Gasteiger charge is 2.31. The molecule has 0 fully saturated rings. The average Bonchev–Trinajstić information content (AvgIpc) is 2.33. The Morgan fingerprint density at radius 3 is 2.50 bits per heavy atom. The van der Waals surface area contributed by atoms with E-state index < -0.39 is 24.5 Å². The van der Waals surface area contributed by atoms with Crippen molar-refractivity contribution in [2.45, 2.75) is 13.1 Å². The molecule has 0 aliphatic carbocycles. The number of rotatable bonds is 5. The summed E-state index contributed by atoms with van der Waals surface area (Å²) in [5.74, 6) is -2.02. The molecule has 20 heavy (non-hydrogen) atoms. The lowest BCUT2D eigenvalue weighted by Gasteiger charge is -2.24. The maximum Gasteiger partial charge on any atom is 0.405 e. The molecule has 0 saturated heterocycles. The lowest BCUT2D eigenvalue weighted by Crippen LogP contribution is -2.34. The molecule has 0 atom stereocenters. The van der Waals surface area contributed by atoms with Crippen LogP contribution in [0.5, 0.6) is 0 Å². The highest BCUT2D eigenvalue weighted by Crippen LogP contribution is 2.25. The number of carbonyl (C=O) groups is 1. The Morgan fingerprint density at radius 2 is 2.05 bits per heavy atom. The highest BCUT2D eigenvalue weighted by molar-refractivity contribution is 5.85. The lowest BCUT2D eigenvalue weighted by atomic mass is 10.1. The summed E-state index contributed by atoms with van der Waals surface area (Å²) >= 11 is 0. The fourth-order valence-electron chi connectivity index (χ4n) is 1.63. The van der Waals surface area contributed by atoms with E-state index >= 15 is 0 Å². The summed E-state index contributed by atoms with van der Waals surface area (Å²) in [6, 6.07) is 3.55. The fourth-order valence-corrected chi connectivity index (χ4v) is 1.63. The van der Waals surface area contributed by atoms with Gasteiger partial charge in [0.05, 0.1) is 5.69 Å². The van der Waals surface area contributed by atoms with Crippen molar-refractivity contribution in [2.24, 2.45) is 0 Å². The molecule has 110 valence electrons. The molecule has 1 rings (SSSR count). The van der Waals surface area contributed by atoms with Gasteiger partial charge in [-0.15, -0.1) is 0 Å². The monoisotopic (exact) mass is 291 g/mol. The molecule has 0 aliphatic rings. The first-order valence-corrected chi connectivity index (χ1v) is 5.75. The number of aliphatic carboxylic acids is 1. The van der Waals surface area contributed by atoms with Crippen LogP contribution in [0, 0.1) is 5.82 Å². The summed E-state index contributed by atoms with van der Waals surface area (Å²) in [5.41, 5.74) is 0.0917. The Kier molecular flexibility index (Phi) is 5.12. The summed E-state index contributed by atoms with van der Waals surface area (Å²) in [5, 5.41) is 8.44. The molecule has 0 amide bonds. The van der Waals surface area contributed by atoms with Crippen LogP contribution >= 0.6 is 0 Å². The Bertz CT molecular complexity index is 512. The van der Waals surface area contributed by atoms with Gasteiger partial charge in [-0.05, 0) is 30.7 Å². The number of carboxylic acids is 1. The predicted octanol–water partition coefficient (Wildman–Crippen LogP) is 3.31. The van der Waals surface area contributed by atoms with Gasteiger partial charge in [-0.1, -0.05) is 6.07 Å². The van der Waals surface area contributed by atoms with Gasteiger partial charge in [0.2, 0.25) is 0 Å². The van der Waals surface area contributed by atoms with Crippen molar-refractivity contribution in [3.05, 3.63) is 35.7 Å². The van der Waals surface area contributed by atoms with Crippen molar-refractivity contribution < 1.29 is 27.5 Å². The van der Waals surface area contributed by atoms with Crippen molar-refractivity contribution >= 4 is 17.7 Å². The van der Waals surface area contributed by atoms with Crippen molar-refractivity contribution in [3.63, 3.8) is 0 Å². The van der Waals surface area contributed by atoms with Crippen LogP contribution in [-0.4, -0.2) is 30.3 Å². The van der Waals surface area contributed by atoms with E-state index in [9.17, 15) is 22.4 Å². The third-order valence-corrected chi connectivity index (χ3v) is 2.48. The minimum atomic E-state index is -4.43. The summed E-state index contributed by atoms with van der Waals surface area (Å²) in [6.45, 7) is 0.245. The number of nitrogens with zero attached hydrogens (tertiary/aromatic N) is 1. The zero-order chi connectivity index (χ0) is 15.3. The largest absolute Gasteiger partial charge is 0.478 e. The predicted molar refractivity (Wildman–Crippen MR) is 67.0 cm³/mol. The standard InChI is InChI=1S/C13H13F4NO2/c1-2-18(8-13(15,16)17)11-5-3-9(7-10(11)14)4-6-12(19)20/h3-7H,2,8H2,1H3,(H,19,20). The third-order valence-electron chi connectivity index (χ3n) is 2.48. The summed E-state index contributed by atoms with van der Waals surface area (Å²) in [6.07, 6.45) is -2.44. The van der Waals surface area contributed by atoms with E-state index in [1.165, 1.54) is 19.1 Å². The van der Waals surface area contributed by atoms with Crippen LogP contribution in [0.15, 0.2) is 24.3 Å². The summed E-state index contributed by atoms with van der Waals surface area (Å²) in [7, 11) is 0. The van der Waals surface area contributed by atoms with Gasteiger partial charge in [0.15, 0.2) is 0 Å². The second-order valence-corrected chi connectivity index (χ2v) is 4.01. The van der Waals surface area contributed by atoms with E-state index in [2.05, 4.69) is 0 Å². The van der Waals surface area contributed by atoms with E-state index in [1.807, 2.05) is 0 Å². The first kappa shape index (κ1) is 16.0. The first-order chi connectivity index (χ1) is 9.23. The normalized spacial score (nSPS) is 11.8. The number of alkyl halides is 3. The number of hydrogen-bond donors (Lipinski definition) is 1. The number of halogens is 4. The molecule has 0 unspecified atom stereocenters. The SMILES string of the molecule is CCN(CC(F)(F)F)c1ccc(C=CC(=O)O)cc1F. The molecule has 0 heterocycles. The molecule has 0 spiro atoms. The van der Waals surface area contributed by atoms with E-state index in [4.69, 9.17) is 5.11 Å². The Balaban J connectivity index is 2.99. The van der Waals surface area contributed by atoms with Gasteiger partial charge in [-0.3, -0.25) is 0 Å². The second-order valence-electron chi connectivity index (χ2n) is 4.01. The maximum atomic E-state index is 13.8. The van der Waals surface area contributed by atoms with Crippen LogP contribution in [0.1, 0.15) is 12.5 Å². The van der Waals surface area contributed by atoms with Crippen molar-refractivity contribution in [1.82, 2.24) is 0 Å². The van der Waals surface area contributed by atoms with Crippen molar-refractivity contribution in [3.8, 4) is 0 Å². The van der Waals surface area contributed by atoms with Crippen LogP contribution in [0.25, 0.3) is 6.08 Å². The average molecular weight is 291 g/mol. The lowest BCUT2D eigenvalue weighted by molar-refractivity contribution is -0.131. The minimum Gasteiger partial charge on any atom is -0.478 e. The summed E-state index contributed by atoms with van der Waals surface area (Å²) in [4.78, 5) is 11.2. The van der Waals surface area contributed by atoms with Crippen LogP contribution in [0.2, 0.25) is 0 Å². The zero-order valence-electron chi connectivity index (χ0n) is 10.6. The van der Waals surface area contributed by atoms with E-state index in [1.54, 1.807) is 0 Å². The molecule has 1 aromatic carbocycles. The minimum absolute atomic E-state index is 0.000736. The molecular formula is C13H13F4NO2. The van der Waals surface area contributed by atoms with Crippen molar-refractivity contribution in [1.29, 1.82) is 0 Å². The second kappa shape index (κ2) is 6.40. The number of anilines is 1. The molecule has 0 bridgehead atoms. The molecule has 7 heteroatoms. The first-order valence-electron chi connectivity index (χ1n) is 5.75. The maximum absolute atomic E-state index is 13.8. The number of benzene rings is 1. The zero-order valence-corrected chi connectivity index (χ0v) is 10.6. The summed E-state index contributed by atoms with van der Waals surface area (Å²) < 4.78 is 50.9. The molecule has 1 aromatic rings. The molecule has 0 aromatic heterocycles. The molecular weight excluding hydrogens is 278 g/mol. The van der Waals surface area contributed by atoms with Crippen LogP contribution in [-0.2, 0) is 4.79 Å². The van der Waals surface area contributed by atoms with E-state index in [0.717, 1.165) is 23.1 Å². The van der Waals surface area contributed by atoms with Gasteiger partial charge in [0, 0.05) is 12.6 Å². The van der Waals surface area contributed by atoms with Gasteiger partial charge >= 0.3 is 12.1 Å². The topological polar surface area (TPSA) is 40.5 Å². The molecule has 0 radical (unpaired) electrons. The third kappa shape index (κ3) is 4.91. The number of hydrogen-bond acceptors (Lipinski definition) is 2. The van der Waals surface area contributed by atoms with Crippen molar-refractivity contribution in [2.75, 3.05) is 18.0 Å². The van der Waals surface area contributed by atoms with Gasteiger partial charge < -0.3 is 10.0 Å². The quantitative estimate of drug-likeness (QED) is 0.668. The Morgan fingerprint density at radius 1 is 1.40 bits per heavy atom. The highest BCUT2D eigenvalue weighted by atomic mass is 19.4. The van der Waals surface area contributed by atoms with E-state index in [0.29, 0.717) is 0 Å². The van der Waals surface area contributed by atoms with Crippen LogP contribution < -0.4 is 4.90 Å². The molecule has 0 saturated carbocycles. The van der Waals surface area contributed by atoms with Gasteiger partial charge in [-0.2, -0.15) is 13.2 Å². The Labute approximate surface area is 113 Å². The fraction of sp³-hybridized carbons (Fsp3) is 0.308. The van der Waals surface area contributed by atoms with Crippen LogP contribution in [0.3, 0.4) is 0 Å². The molecule has 0 aliphatic heterocycles.